The number of ether oxygens (including phenoxy) is 2. The smallest absolute Gasteiger partial charge is 0.472 e. The Morgan fingerprint density at radius 2 is 1.18 bits per heavy atom. The number of rotatable bonds is 35. The molecule has 0 fully saturated rings. The number of hydrogen-bond donors (Lipinski definition) is 3. The summed E-state index contributed by atoms with van der Waals surface area (Å²) in [6.45, 7) is 2.53. The number of carboxylic acids is 1. The van der Waals surface area contributed by atoms with Gasteiger partial charge in [-0.15, -0.1) is 0 Å². The highest BCUT2D eigenvalue weighted by molar-refractivity contribution is 7.47. The second-order valence-corrected chi connectivity index (χ2v) is 14.2. The Morgan fingerprint density at radius 3 is 1.80 bits per heavy atom. The van der Waals surface area contributed by atoms with Gasteiger partial charge in [0.05, 0.1) is 13.2 Å². The summed E-state index contributed by atoms with van der Waals surface area (Å²) in [5, 5.41) is 8.85. The van der Waals surface area contributed by atoms with Gasteiger partial charge in [-0.1, -0.05) is 108 Å². The first-order valence-electron chi connectivity index (χ1n) is 19.0. The molecule has 51 heavy (non-hydrogen) atoms. The van der Waals surface area contributed by atoms with Crippen molar-refractivity contribution in [3.63, 3.8) is 0 Å². The summed E-state index contributed by atoms with van der Waals surface area (Å²) in [5.41, 5.74) is 5.30. The summed E-state index contributed by atoms with van der Waals surface area (Å²) in [6, 6.07) is -1.53. The Balaban J connectivity index is 4.51. The highest BCUT2D eigenvalue weighted by Crippen LogP contribution is 2.43. The van der Waals surface area contributed by atoms with Gasteiger partial charge in [-0.25, -0.2) is 4.57 Å². The minimum absolute atomic E-state index is 0.132. The number of carbonyl (C=O) groups is 4. The number of hydrogen-bond acceptors (Lipinski definition) is 10. The van der Waals surface area contributed by atoms with E-state index in [0.717, 1.165) is 89.9 Å². The molecular weight excluding hydrogens is 677 g/mol. The summed E-state index contributed by atoms with van der Waals surface area (Å²) < 4.78 is 32.5. The fourth-order valence-electron chi connectivity index (χ4n) is 4.73. The Bertz CT molecular complexity index is 1080. The van der Waals surface area contributed by atoms with Gasteiger partial charge in [-0.2, -0.15) is 0 Å². The lowest BCUT2D eigenvalue weighted by Crippen LogP contribution is -2.34. The molecule has 294 valence electrons. The van der Waals surface area contributed by atoms with E-state index in [1.54, 1.807) is 12.2 Å². The highest BCUT2D eigenvalue weighted by atomic mass is 31.2. The van der Waals surface area contributed by atoms with E-state index in [9.17, 15) is 28.6 Å². The summed E-state index contributed by atoms with van der Waals surface area (Å²) >= 11 is 0. The van der Waals surface area contributed by atoms with Crippen LogP contribution < -0.4 is 5.73 Å². The molecule has 0 aromatic rings. The zero-order valence-corrected chi connectivity index (χ0v) is 32.1. The van der Waals surface area contributed by atoms with Crippen LogP contribution in [-0.2, 0) is 42.3 Å². The van der Waals surface area contributed by atoms with Gasteiger partial charge in [-0.3, -0.25) is 28.2 Å². The number of carboxylic acid groups (broad SMARTS) is 1. The molecule has 0 aromatic carbocycles. The van der Waals surface area contributed by atoms with Crippen LogP contribution in [0, 0.1) is 0 Å². The quantitative estimate of drug-likeness (QED) is 0.0140. The van der Waals surface area contributed by atoms with Gasteiger partial charge in [0.2, 0.25) is 0 Å². The van der Waals surface area contributed by atoms with Crippen LogP contribution in [0.3, 0.4) is 0 Å². The number of phosphoric ester groups is 1. The van der Waals surface area contributed by atoms with Crippen molar-refractivity contribution in [2.24, 2.45) is 5.73 Å². The molecule has 0 rings (SSSR count). The Kier molecular flexibility index (Phi) is 31.5. The van der Waals surface area contributed by atoms with Crippen LogP contribution in [0.2, 0.25) is 0 Å². The molecule has 0 radical (unpaired) electrons. The Morgan fingerprint density at radius 1 is 0.647 bits per heavy atom. The van der Waals surface area contributed by atoms with Crippen LogP contribution in [0.1, 0.15) is 149 Å². The van der Waals surface area contributed by atoms with E-state index in [2.05, 4.69) is 30.5 Å². The highest BCUT2D eigenvalue weighted by Gasteiger charge is 2.28. The summed E-state index contributed by atoms with van der Waals surface area (Å²) in [6.07, 6.45) is 29.2. The average molecular weight is 744 g/mol. The third-order valence-corrected chi connectivity index (χ3v) is 8.79. The van der Waals surface area contributed by atoms with Crippen molar-refractivity contribution >= 4 is 31.5 Å². The van der Waals surface area contributed by atoms with Crippen LogP contribution in [0.25, 0.3) is 0 Å². The zero-order chi connectivity index (χ0) is 38.0. The SMILES string of the molecule is CCCC/C=C\CCCCCCCC(=O)O[C@H](COC(=O)CCCCCCC/C=C\C=C\C(=O)CCCCC)COP(=O)(O)OC[C@H](N)C(=O)O. The van der Waals surface area contributed by atoms with E-state index in [0.29, 0.717) is 19.3 Å². The van der Waals surface area contributed by atoms with Crippen molar-refractivity contribution in [1.29, 1.82) is 0 Å². The first-order valence-corrected chi connectivity index (χ1v) is 20.5. The second kappa shape index (κ2) is 33.2. The maximum absolute atomic E-state index is 12.5. The minimum atomic E-state index is -4.73. The predicted molar refractivity (Wildman–Crippen MR) is 199 cm³/mol. The number of nitrogens with two attached hydrogens (primary N) is 1. The molecule has 0 aliphatic carbocycles. The van der Waals surface area contributed by atoms with Gasteiger partial charge in [0.25, 0.3) is 0 Å². The van der Waals surface area contributed by atoms with Gasteiger partial charge in [0.1, 0.15) is 12.6 Å². The summed E-state index contributed by atoms with van der Waals surface area (Å²) in [7, 11) is -4.73. The molecule has 0 aliphatic rings. The number of unbranched alkanes of at least 4 members (excludes halogenated alkanes) is 14. The monoisotopic (exact) mass is 743 g/mol. The fourth-order valence-corrected chi connectivity index (χ4v) is 5.51. The fraction of sp³-hybridized carbons (Fsp3) is 0.737. The summed E-state index contributed by atoms with van der Waals surface area (Å²) in [5.74, 6) is -2.31. The van der Waals surface area contributed by atoms with E-state index in [-0.39, 0.29) is 25.2 Å². The maximum Gasteiger partial charge on any atom is 0.472 e. The molecule has 0 amide bonds. The van der Waals surface area contributed by atoms with Gasteiger partial charge < -0.3 is 25.2 Å². The number of ketones is 1. The van der Waals surface area contributed by atoms with E-state index >= 15 is 0 Å². The van der Waals surface area contributed by atoms with Crippen molar-refractivity contribution < 1.29 is 52.3 Å². The standard InChI is InChI=1S/C38H66NO11P/c1-3-5-7-8-9-10-11-14-18-21-25-29-37(42)50-34(31-48-51(45,46)49-32-35(39)38(43)44)30-47-36(41)28-24-20-17-15-12-13-16-19-23-27-33(40)26-22-6-4-2/h8-9,16,19,23,27,34-35H,3-7,10-15,17-18,20-22,24-26,28-32,39H2,1-2H3,(H,43,44)(H,45,46)/b9-8-,19-16-,27-23+/t34-,35+/m1/s1. The van der Waals surface area contributed by atoms with Gasteiger partial charge in [-0.05, 0) is 57.4 Å². The molecule has 0 saturated carbocycles. The average Bonchev–Trinajstić information content (AvgIpc) is 3.09. The largest absolute Gasteiger partial charge is 0.480 e. The van der Waals surface area contributed by atoms with E-state index in [4.69, 9.17) is 24.8 Å². The molecule has 12 nitrogen and oxygen atoms in total. The topological polar surface area (TPSA) is 189 Å². The molecule has 0 heterocycles. The summed E-state index contributed by atoms with van der Waals surface area (Å²) in [4.78, 5) is 57.4. The molecule has 4 N–H and O–H groups in total. The van der Waals surface area contributed by atoms with Crippen LogP contribution in [0.5, 0.6) is 0 Å². The molecule has 0 aromatic heterocycles. The second-order valence-electron chi connectivity index (χ2n) is 12.7. The van der Waals surface area contributed by atoms with Gasteiger partial charge in [0.15, 0.2) is 11.9 Å². The van der Waals surface area contributed by atoms with Crippen molar-refractivity contribution in [1.82, 2.24) is 0 Å². The first-order chi connectivity index (χ1) is 24.5. The predicted octanol–water partition coefficient (Wildman–Crippen LogP) is 8.46. The van der Waals surface area contributed by atoms with Crippen molar-refractivity contribution in [3.05, 3.63) is 36.5 Å². The number of carbonyl (C=O) groups excluding carboxylic acids is 3. The van der Waals surface area contributed by atoms with E-state index in [1.165, 1.54) is 12.8 Å². The lowest BCUT2D eigenvalue weighted by Gasteiger charge is -2.20. The van der Waals surface area contributed by atoms with Crippen molar-refractivity contribution in [3.8, 4) is 0 Å². The van der Waals surface area contributed by atoms with Gasteiger partial charge in [0, 0.05) is 19.3 Å². The van der Waals surface area contributed by atoms with Gasteiger partial charge >= 0.3 is 25.7 Å². The number of allylic oxidation sites excluding steroid dienone is 6. The van der Waals surface area contributed by atoms with Crippen LogP contribution in [0.4, 0.5) is 0 Å². The number of aliphatic carboxylic acids is 1. The van der Waals surface area contributed by atoms with Crippen LogP contribution in [-0.4, -0.2) is 65.7 Å². The normalized spacial score (nSPS) is 14.2. The maximum atomic E-state index is 12.5. The molecular formula is C38H66NO11P. The molecule has 0 saturated heterocycles. The third kappa shape index (κ3) is 33.0. The molecule has 1 unspecified atom stereocenters. The number of phosphoric acid groups is 1. The van der Waals surface area contributed by atoms with Crippen LogP contribution in [0.15, 0.2) is 36.5 Å². The molecule has 0 spiro atoms. The van der Waals surface area contributed by atoms with Crippen molar-refractivity contribution in [2.45, 2.75) is 161 Å². The van der Waals surface area contributed by atoms with E-state index in [1.807, 2.05) is 12.2 Å². The molecule has 0 aliphatic heterocycles. The number of esters is 2. The van der Waals surface area contributed by atoms with Crippen molar-refractivity contribution in [2.75, 3.05) is 19.8 Å². The lowest BCUT2D eigenvalue weighted by molar-refractivity contribution is -0.161. The first kappa shape index (κ1) is 48.4. The zero-order valence-electron chi connectivity index (χ0n) is 31.2. The molecule has 0 bridgehead atoms. The third-order valence-electron chi connectivity index (χ3n) is 7.84. The lowest BCUT2D eigenvalue weighted by atomic mass is 10.1. The Labute approximate surface area is 306 Å². The molecule has 3 atom stereocenters. The minimum Gasteiger partial charge on any atom is -0.480 e. The Hall–Kier alpha value is -2.63. The van der Waals surface area contributed by atoms with E-state index < -0.39 is 51.1 Å². The van der Waals surface area contributed by atoms with Crippen LogP contribution >= 0.6 is 7.82 Å². The molecule has 13 heteroatoms.